The molecule has 12 heavy (non-hydrogen) atoms. The van der Waals surface area contributed by atoms with Gasteiger partial charge in [0.15, 0.2) is 0 Å². The van der Waals surface area contributed by atoms with Gasteiger partial charge < -0.3 is 0 Å². The van der Waals surface area contributed by atoms with Crippen LogP contribution in [0.25, 0.3) is 0 Å². The van der Waals surface area contributed by atoms with E-state index in [1.807, 2.05) is 0 Å². The summed E-state index contributed by atoms with van der Waals surface area (Å²) in [5, 5.41) is 2.56. The minimum absolute atomic E-state index is 0.202. The van der Waals surface area contributed by atoms with Gasteiger partial charge in [-0.15, -0.1) is 11.3 Å². The first-order valence-electron chi connectivity index (χ1n) is 3.33. The molecule has 0 amide bonds. The largest absolute Gasteiger partial charge is 0.286 e. The topological polar surface area (TPSA) is 67.3 Å². The molecule has 1 rings (SSSR count). The van der Waals surface area contributed by atoms with Crippen molar-refractivity contribution in [1.29, 1.82) is 0 Å². The Balaban J connectivity index is 2.29. The molecular formula is C6H8NO3S2. The van der Waals surface area contributed by atoms with E-state index in [9.17, 15) is 8.42 Å². The molecule has 0 aliphatic carbocycles. The zero-order chi connectivity index (χ0) is 9.03. The number of thiazole rings is 1. The van der Waals surface area contributed by atoms with Crippen molar-refractivity contribution in [3.63, 3.8) is 0 Å². The summed E-state index contributed by atoms with van der Waals surface area (Å²) in [7, 11) is -3.81. The Morgan fingerprint density at radius 3 is 2.92 bits per heavy atom. The van der Waals surface area contributed by atoms with Gasteiger partial charge in [-0.3, -0.25) is 4.55 Å². The zero-order valence-corrected chi connectivity index (χ0v) is 7.86. The van der Waals surface area contributed by atoms with Crippen LogP contribution in [0.3, 0.4) is 0 Å². The van der Waals surface area contributed by atoms with Crippen molar-refractivity contribution < 1.29 is 13.0 Å². The highest BCUT2D eigenvalue weighted by Gasteiger charge is 2.04. The number of nitrogens with zero attached hydrogens (tertiary/aromatic N) is 1. The van der Waals surface area contributed by atoms with Crippen molar-refractivity contribution in [2.24, 2.45) is 0 Å². The van der Waals surface area contributed by atoms with Gasteiger partial charge in [0.25, 0.3) is 10.1 Å². The Hall–Kier alpha value is -0.460. The molecule has 0 fully saturated rings. The van der Waals surface area contributed by atoms with E-state index >= 15 is 0 Å². The van der Waals surface area contributed by atoms with Crippen LogP contribution in [0.2, 0.25) is 0 Å². The Morgan fingerprint density at radius 2 is 2.42 bits per heavy atom. The molecule has 4 nitrogen and oxygen atoms in total. The Morgan fingerprint density at radius 1 is 1.67 bits per heavy atom. The van der Waals surface area contributed by atoms with Crippen LogP contribution in [0, 0.1) is 6.20 Å². The molecule has 0 unspecified atom stereocenters. The van der Waals surface area contributed by atoms with E-state index in [1.165, 1.54) is 11.3 Å². The summed E-state index contributed by atoms with van der Waals surface area (Å²) in [5.74, 6) is -0.202. The van der Waals surface area contributed by atoms with Gasteiger partial charge in [0.2, 0.25) is 0 Å². The van der Waals surface area contributed by atoms with Crippen LogP contribution in [0.5, 0.6) is 0 Å². The van der Waals surface area contributed by atoms with Crippen molar-refractivity contribution in [2.45, 2.75) is 12.8 Å². The van der Waals surface area contributed by atoms with E-state index < -0.39 is 10.1 Å². The molecule has 0 aliphatic rings. The standard InChI is InChI=1S/C6H8NO3S2/c8-12(9,10)5-1-2-6-7-3-4-11-6/h4H,1-2,5H2,(H,8,9,10). The van der Waals surface area contributed by atoms with E-state index in [0.29, 0.717) is 12.8 Å². The number of hydrogen-bond donors (Lipinski definition) is 1. The highest BCUT2D eigenvalue weighted by molar-refractivity contribution is 7.85. The molecule has 1 radical (unpaired) electrons. The summed E-state index contributed by atoms with van der Waals surface area (Å²) >= 11 is 1.43. The molecule has 0 saturated heterocycles. The first-order chi connectivity index (χ1) is 5.58. The lowest BCUT2D eigenvalue weighted by molar-refractivity contribution is 0.481. The number of aromatic nitrogens is 1. The average Bonchev–Trinajstić information content (AvgIpc) is 2.36. The minimum Gasteiger partial charge on any atom is -0.286 e. The summed E-state index contributed by atoms with van der Waals surface area (Å²) in [6.07, 6.45) is 3.61. The number of aryl methyl sites for hydroxylation is 1. The highest BCUT2D eigenvalue weighted by atomic mass is 32.2. The van der Waals surface area contributed by atoms with Gasteiger partial charge >= 0.3 is 0 Å². The maximum Gasteiger partial charge on any atom is 0.264 e. The third-order valence-corrected chi connectivity index (χ3v) is 2.83. The predicted molar refractivity (Wildman–Crippen MR) is 45.7 cm³/mol. The molecule has 1 heterocycles. The molecule has 0 bridgehead atoms. The molecule has 1 N–H and O–H groups in total. The maximum atomic E-state index is 10.3. The molecule has 67 valence electrons. The fraction of sp³-hybridized carbons (Fsp3) is 0.500. The molecule has 0 aromatic carbocycles. The van der Waals surface area contributed by atoms with Gasteiger partial charge in [-0.05, 0) is 6.42 Å². The highest BCUT2D eigenvalue weighted by Crippen LogP contribution is 2.06. The molecule has 1 aromatic rings. The van der Waals surface area contributed by atoms with E-state index in [1.54, 1.807) is 5.38 Å². The van der Waals surface area contributed by atoms with Crippen molar-refractivity contribution in [1.82, 2.24) is 4.98 Å². The average molecular weight is 206 g/mol. The minimum atomic E-state index is -3.81. The lowest BCUT2D eigenvalue weighted by Gasteiger charge is -1.94. The first kappa shape index (κ1) is 9.63. The first-order valence-corrected chi connectivity index (χ1v) is 5.82. The van der Waals surface area contributed by atoms with E-state index in [2.05, 4.69) is 11.2 Å². The molecule has 1 aromatic heterocycles. The van der Waals surface area contributed by atoms with Crippen LogP contribution in [-0.4, -0.2) is 23.7 Å². The van der Waals surface area contributed by atoms with Crippen molar-refractivity contribution in [3.05, 3.63) is 16.6 Å². The zero-order valence-electron chi connectivity index (χ0n) is 6.23. The van der Waals surface area contributed by atoms with Gasteiger partial charge in [-0.1, -0.05) is 0 Å². The summed E-state index contributed by atoms with van der Waals surface area (Å²) in [5.41, 5.74) is 0. The Bertz CT molecular complexity index is 317. The van der Waals surface area contributed by atoms with Crippen LogP contribution in [0.15, 0.2) is 5.38 Å². The molecule has 0 atom stereocenters. The third kappa shape index (κ3) is 3.80. The summed E-state index contributed by atoms with van der Waals surface area (Å²) in [6.45, 7) is 0. The third-order valence-electron chi connectivity index (χ3n) is 1.23. The van der Waals surface area contributed by atoms with Gasteiger partial charge in [0.05, 0.1) is 10.8 Å². The van der Waals surface area contributed by atoms with Crippen LogP contribution in [-0.2, 0) is 16.5 Å². The Labute approximate surface area is 75.0 Å². The molecule has 0 spiro atoms. The second-order valence-electron chi connectivity index (χ2n) is 2.26. The van der Waals surface area contributed by atoms with E-state index in [-0.39, 0.29) is 5.75 Å². The molecular weight excluding hydrogens is 198 g/mol. The molecule has 0 aliphatic heterocycles. The second-order valence-corrected chi connectivity index (χ2v) is 4.77. The SMILES string of the molecule is O=S(=O)(O)CCCc1n[c]cs1. The smallest absolute Gasteiger partial charge is 0.264 e. The molecule has 0 saturated carbocycles. The normalized spacial score (nSPS) is 11.8. The van der Waals surface area contributed by atoms with Crippen molar-refractivity contribution in [3.8, 4) is 0 Å². The Kier molecular flexibility index (Phi) is 3.19. The summed E-state index contributed by atoms with van der Waals surface area (Å²) in [6, 6.07) is 0. The fourth-order valence-corrected chi connectivity index (χ4v) is 1.86. The lowest BCUT2D eigenvalue weighted by Crippen LogP contribution is -2.04. The van der Waals surface area contributed by atoms with Gasteiger partial charge in [0, 0.05) is 11.8 Å². The van der Waals surface area contributed by atoms with E-state index in [0.717, 1.165) is 5.01 Å². The lowest BCUT2D eigenvalue weighted by atomic mass is 10.3. The van der Waals surface area contributed by atoms with Crippen LogP contribution in [0.4, 0.5) is 0 Å². The van der Waals surface area contributed by atoms with Gasteiger partial charge in [0.1, 0.15) is 6.20 Å². The van der Waals surface area contributed by atoms with Crippen molar-refractivity contribution in [2.75, 3.05) is 5.75 Å². The molecule has 6 heteroatoms. The summed E-state index contributed by atoms with van der Waals surface area (Å²) < 4.78 is 29.0. The number of hydrogen-bond acceptors (Lipinski definition) is 4. The van der Waals surface area contributed by atoms with Crippen LogP contribution in [0.1, 0.15) is 11.4 Å². The fourth-order valence-electron chi connectivity index (χ4n) is 0.740. The second kappa shape index (κ2) is 3.97. The number of rotatable bonds is 4. The van der Waals surface area contributed by atoms with Gasteiger partial charge in [-0.2, -0.15) is 8.42 Å². The quantitative estimate of drug-likeness (QED) is 0.739. The maximum absolute atomic E-state index is 10.3. The van der Waals surface area contributed by atoms with Crippen LogP contribution < -0.4 is 0 Å². The van der Waals surface area contributed by atoms with Gasteiger partial charge in [-0.25, -0.2) is 4.98 Å². The predicted octanol–water partition coefficient (Wildman–Crippen LogP) is 0.764. The monoisotopic (exact) mass is 206 g/mol. The van der Waals surface area contributed by atoms with Crippen molar-refractivity contribution >= 4 is 21.5 Å². The summed E-state index contributed by atoms with van der Waals surface area (Å²) in [4.78, 5) is 3.85. The van der Waals surface area contributed by atoms with Crippen LogP contribution >= 0.6 is 11.3 Å². The van der Waals surface area contributed by atoms with E-state index in [4.69, 9.17) is 4.55 Å².